The van der Waals surface area contributed by atoms with Crippen LogP contribution in [0.3, 0.4) is 0 Å². The number of amides is 3. The fourth-order valence-corrected chi connectivity index (χ4v) is 3.15. The summed E-state index contributed by atoms with van der Waals surface area (Å²) < 4.78 is 16.2. The molecule has 0 unspecified atom stereocenters. The number of benzene rings is 2. The Morgan fingerprint density at radius 3 is 2.39 bits per heavy atom. The third kappa shape index (κ3) is 4.76. The number of rotatable bonds is 7. The summed E-state index contributed by atoms with van der Waals surface area (Å²) in [4.78, 5) is 24.8. The van der Waals surface area contributed by atoms with Crippen molar-refractivity contribution in [2.75, 3.05) is 17.7 Å². The summed E-state index contributed by atoms with van der Waals surface area (Å²) in [7, 11) is 1.57. The predicted octanol–water partition coefficient (Wildman–Crippen LogP) is 4.75. The number of hydrogen-bond donors (Lipinski definition) is 3. The molecule has 0 saturated heterocycles. The van der Waals surface area contributed by atoms with Gasteiger partial charge in [0, 0.05) is 29.4 Å². The second kappa shape index (κ2) is 9.19. The van der Waals surface area contributed by atoms with Crippen molar-refractivity contribution in [3.63, 3.8) is 0 Å². The average molecular weight is 419 g/mol. The molecule has 0 bridgehead atoms. The first kappa shape index (κ1) is 20.2. The first-order valence-corrected chi connectivity index (χ1v) is 9.62. The summed E-state index contributed by atoms with van der Waals surface area (Å²) in [5.74, 6) is 0.495. The maximum absolute atomic E-state index is 12.8. The van der Waals surface area contributed by atoms with Crippen molar-refractivity contribution in [2.24, 2.45) is 0 Å². The Morgan fingerprint density at radius 2 is 1.68 bits per heavy atom. The van der Waals surface area contributed by atoms with Gasteiger partial charge < -0.3 is 29.5 Å². The molecule has 0 spiro atoms. The number of ether oxygens (including phenoxy) is 1. The maximum atomic E-state index is 12.8. The van der Waals surface area contributed by atoms with Crippen LogP contribution in [0.15, 0.2) is 75.8 Å². The van der Waals surface area contributed by atoms with Gasteiger partial charge in [0.05, 0.1) is 19.4 Å². The van der Waals surface area contributed by atoms with Crippen molar-refractivity contribution < 1.29 is 23.2 Å². The van der Waals surface area contributed by atoms with Gasteiger partial charge in [-0.3, -0.25) is 4.79 Å². The van der Waals surface area contributed by atoms with E-state index in [9.17, 15) is 9.59 Å². The zero-order valence-corrected chi connectivity index (χ0v) is 16.8. The second-order valence-corrected chi connectivity index (χ2v) is 6.76. The van der Waals surface area contributed by atoms with Gasteiger partial charge in [0.1, 0.15) is 11.3 Å². The lowest BCUT2D eigenvalue weighted by Gasteiger charge is -2.08. The van der Waals surface area contributed by atoms with Crippen LogP contribution in [0, 0.1) is 0 Å². The molecule has 2 aromatic carbocycles. The topological polar surface area (TPSA) is 106 Å². The summed E-state index contributed by atoms with van der Waals surface area (Å²) in [6.07, 6.45) is 1.55. The first-order chi connectivity index (χ1) is 15.1. The highest BCUT2D eigenvalue weighted by molar-refractivity contribution is 6.06. The molecule has 0 saturated carbocycles. The Labute approximate surface area is 178 Å². The molecular weight excluding hydrogens is 398 g/mol. The predicted molar refractivity (Wildman–Crippen MR) is 116 cm³/mol. The zero-order chi connectivity index (χ0) is 21.6. The monoisotopic (exact) mass is 419 g/mol. The van der Waals surface area contributed by atoms with E-state index in [0.29, 0.717) is 28.3 Å². The summed E-state index contributed by atoms with van der Waals surface area (Å²) >= 11 is 0. The van der Waals surface area contributed by atoms with Gasteiger partial charge in [-0.1, -0.05) is 18.2 Å². The van der Waals surface area contributed by atoms with Crippen LogP contribution in [0.2, 0.25) is 0 Å². The number of methoxy groups -OCH3 is 1. The molecule has 0 fully saturated rings. The van der Waals surface area contributed by atoms with E-state index < -0.39 is 0 Å². The maximum Gasteiger partial charge on any atom is 0.319 e. The number of carbonyl (C=O) groups is 2. The minimum absolute atomic E-state index is 0.211. The molecule has 0 atom stereocenters. The number of carbonyl (C=O) groups excluding carboxylic acids is 2. The van der Waals surface area contributed by atoms with Crippen LogP contribution in [0.25, 0.3) is 11.0 Å². The van der Waals surface area contributed by atoms with E-state index in [2.05, 4.69) is 16.0 Å². The highest BCUT2D eigenvalue weighted by Gasteiger charge is 2.20. The quantitative estimate of drug-likeness (QED) is 0.401. The van der Waals surface area contributed by atoms with Crippen LogP contribution < -0.4 is 16.0 Å². The highest BCUT2D eigenvalue weighted by atomic mass is 16.5. The number of fused-ring (bicyclic) bond motifs is 1. The van der Waals surface area contributed by atoms with E-state index >= 15 is 0 Å². The van der Waals surface area contributed by atoms with Crippen LogP contribution in [-0.2, 0) is 17.9 Å². The number of anilines is 2. The van der Waals surface area contributed by atoms with E-state index in [0.717, 1.165) is 5.39 Å². The van der Waals surface area contributed by atoms with Crippen molar-refractivity contribution in [1.82, 2.24) is 5.32 Å². The van der Waals surface area contributed by atoms with Crippen LogP contribution in [0.5, 0.6) is 0 Å². The van der Waals surface area contributed by atoms with Gasteiger partial charge in [-0.2, -0.15) is 0 Å². The number of hydrogen-bond acceptors (Lipinski definition) is 5. The minimum atomic E-state index is -0.375. The molecule has 0 aliphatic heterocycles. The Kier molecular flexibility index (Phi) is 6.00. The number of nitrogens with one attached hydrogen (secondary N) is 3. The van der Waals surface area contributed by atoms with Gasteiger partial charge in [-0.25, -0.2) is 4.79 Å². The van der Waals surface area contributed by atoms with Crippen LogP contribution >= 0.6 is 0 Å². The lowest BCUT2D eigenvalue weighted by molar-refractivity contribution is 0.0992. The van der Waals surface area contributed by atoms with Gasteiger partial charge in [-0.15, -0.1) is 0 Å². The third-order valence-electron chi connectivity index (χ3n) is 4.60. The van der Waals surface area contributed by atoms with Crippen molar-refractivity contribution in [1.29, 1.82) is 0 Å². The molecule has 8 heteroatoms. The molecule has 0 aliphatic carbocycles. The van der Waals surface area contributed by atoms with Gasteiger partial charge in [-0.05, 0) is 42.5 Å². The molecule has 31 heavy (non-hydrogen) atoms. The lowest BCUT2D eigenvalue weighted by Crippen LogP contribution is -2.27. The van der Waals surface area contributed by atoms with E-state index in [1.807, 2.05) is 24.3 Å². The van der Waals surface area contributed by atoms with E-state index in [1.165, 1.54) is 0 Å². The van der Waals surface area contributed by atoms with Crippen LogP contribution in [0.4, 0.5) is 16.2 Å². The van der Waals surface area contributed by atoms with Crippen molar-refractivity contribution in [3.8, 4) is 0 Å². The molecule has 4 aromatic rings. The van der Waals surface area contributed by atoms with Crippen molar-refractivity contribution >= 4 is 34.3 Å². The Hall–Kier alpha value is -4.04. The Balaban J connectivity index is 1.40. The summed E-state index contributed by atoms with van der Waals surface area (Å²) in [6.45, 7) is 0.546. The molecule has 8 nitrogen and oxygen atoms in total. The van der Waals surface area contributed by atoms with Crippen LogP contribution in [-0.4, -0.2) is 19.0 Å². The standard InChI is InChI=1S/C23H21N3O5/c1-29-14-19-18-6-2-3-7-20(18)31-21(19)22(27)25-15-8-10-16(11-9-15)26-23(28)24-13-17-5-4-12-30-17/h2-12H,13-14H2,1H3,(H,25,27)(H2,24,26,28). The minimum Gasteiger partial charge on any atom is -0.467 e. The Bertz CT molecular complexity index is 1180. The second-order valence-electron chi connectivity index (χ2n) is 6.76. The third-order valence-corrected chi connectivity index (χ3v) is 4.60. The molecule has 2 heterocycles. The molecule has 3 amide bonds. The Morgan fingerprint density at radius 1 is 0.935 bits per heavy atom. The fraction of sp³-hybridized carbons (Fsp3) is 0.130. The van der Waals surface area contributed by atoms with Crippen molar-refractivity contribution in [3.05, 3.63) is 84.0 Å². The van der Waals surface area contributed by atoms with Gasteiger partial charge in [0.2, 0.25) is 0 Å². The number of furan rings is 2. The summed E-state index contributed by atoms with van der Waals surface area (Å²) in [5, 5.41) is 9.07. The van der Waals surface area contributed by atoms with E-state index in [-0.39, 0.29) is 30.9 Å². The van der Waals surface area contributed by atoms with Crippen molar-refractivity contribution in [2.45, 2.75) is 13.2 Å². The first-order valence-electron chi connectivity index (χ1n) is 9.62. The smallest absolute Gasteiger partial charge is 0.319 e. The largest absolute Gasteiger partial charge is 0.467 e. The molecule has 0 radical (unpaired) electrons. The molecule has 3 N–H and O–H groups in total. The van der Waals surface area contributed by atoms with Gasteiger partial charge >= 0.3 is 6.03 Å². The molecule has 4 rings (SSSR count). The van der Waals surface area contributed by atoms with Crippen LogP contribution in [0.1, 0.15) is 21.9 Å². The molecular formula is C23H21N3O5. The normalized spacial score (nSPS) is 10.7. The average Bonchev–Trinajstić information content (AvgIpc) is 3.42. The molecule has 0 aliphatic rings. The lowest BCUT2D eigenvalue weighted by atomic mass is 10.1. The number of urea groups is 1. The molecule has 158 valence electrons. The highest BCUT2D eigenvalue weighted by Crippen LogP contribution is 2.27. The van der Waals surface area contributed by atoms with E-state index in [4.69, 9.17) is 13.6 Å². The van der Waals surface area contributed by atoms with Gasteiger partial charge in [0.25, 0.3) is 5.91 Å². The SMILES string of the molecule is COCc1c(C(=O)Nc2ccc(NC(=O)NCc3ccco3)cc2)oc2ccccc12. The zero-order valence-electron chi connectivity index (χ0n) is 16.8. The summed E-state index contributed by atoms with van der Waals surface area (Å²) in [6, 6.07) is 17.4. The molecule has 2 aromatic heterocycles. The summed E-state index contributed by atoms with van der Waals surface area (Å²) in [5.41, 5.74) is 2.47. The number of para-hydroxylation sites is 1. The van der Waals surface area contributed by atoms with Gasteiger partial charge in [0.15, 0.2) is 5.76 Å². The van der Waals surface area contributed by atoms with E-state index in [1.54, 1.807) is 49.8 Å². The fourth-order valence-electron chi connectivity index (χ4n) is 3.15.